The Morgan fingerprint density at radius 3 is 2.53 bits per heavy atom. The number of carbonyl (C=O) groups excluding carboxylic acids is 1. The number of fused-ring (bicyclic) bond motifs is 1. The van der Waals surface area contributed by atoms with E-state index in [0.29, 0.717) is 35.7 Å². The molecule has 0 spiro atoms. The van der Waals surface area contributed by atoms with Gasteiger partial charge in [-0.3, -0.25) is 15.2 Å². The predicted molar refractivity (Wildman–Crippen MR) is 181 cm³/mol. The van der Waals surface area contributed by atoms with Gasteiger partial charge in [-0.25, -0.2) is 9.79 Å². The molecule has 254 valence electrons. The fourth-order valence-corrected chi connectivity index (χ4v) is 8.91. The number of carbonyl (C=O) groups is 1. The van der Waals surface area contributed by atoms with Gasteiger partial charge in [0.05, 0.1) is 53.7 Å². The summed E-state index contributed by atoms with van der Waals surface area (Å²) < 4.78 is 8.63. The molecule has 0 amide bonds. The van der Waals surface area contributed by atoms with Crippen molar-refractivity contribution in [3.8, 4) is 0 Å². The summed E-state index contributed by atoms with van der Waals surface area (Å²) in [6, 6.07) is 2.65. The quantitative estimate of drug-likeness (QED) is 0.0964. The van der Waals surface area contributed by atoms with Crippen LogP contribution in [0.1, 0.15) is 150 Å². The molecule has 0 aromatic carbocycles. The molecule has 0 saturated carbocycles. The fourth-order valence-electron chi connectivity index (χ4n) is 8.91. The first-order valence-corrected chi connectivity index (χ1v) is 18.7. The SMILES string of the molecule is CCCCCC[C@H](O)C[C@@H]1CC[C@H]2C(C(=O)O[C@H](C)CCCCCCC[C@@H]3C[C@@H]4CC[C@@H]5C[C@H](C)NC(=[N+]54)N3)=C(C)N=C(N)N12. The van der Waals surface area contributed by atoms with Crippen molar-refractivity contribution in [3.05, 3.63) is 11.3 Å². The molecule has 9 nitrogen and oxygen atoms in total. The summed E-state index contributed by atoms with van der Waals surface area (Å²) in [6.07, 6.45) is 20.8. The number of aliphatic hydroxyl groups excluding tert-OH is 1. The monoisotopic (exact) mass is 627 g/mol. The highest BCUT2D eigenvalue weighted by Crippen LogP contribution is 2.37. The molecular formula is C36H63N6O3+. The van der Waals surface area contributed by atoms with E-state index in [1.54, 1.807) is 0 Å². The Balaban J connectivity index is 0.982. The minimum absolute atomic E-state index is 0.105. The number of nitrogens with zero attached hydrogens (tertiary/aromatic N) is 3. The van der Waals surface area contributed by atoms with Crippen LogP contribution in [0.4, 0.5) is 0 Å². The van der Waals surface area contributed by atoms with Crippen LogP contribution >= 0.6 is 0 Å². The molecular weight excluding hydrogens is 564 g/mol. The maximum Gasteiger partial charge on any atom is 0.346 e. The second kappa shape index (κ2) is 16.0. The number of esters is 1. The fraction of sp³-hybridized carbons (Fsp3) is 0.861. The van der Waals surface area contributed by atoms with Gasteiger partial charge >= 0.3 is 11.9 Å². The van der Waals surface area contributed by atoms with Crippen molar-refractivity contribution in [2.24, 2.45) is 10.7 Å². The Morgan fingerprint density at radius 1 is 1.02 bits per heavy atom. The Hall–Kier alpha value is -2.29. The molecule has 0 aliphatic carbocycles. The highest BCUT2D eigenvalue weighted by molar-refractivity contribution is 5.95. The van der Waals surface area contributed by atoms with E-state index in [0.717, 1.165) is 50.6 Å². The van der Waals surface area contributed by atoms with E-state index in [4.69, 9.17) is 10.5 Å². The van der Waals surface area contributed by atoms with Crippen molar-refractivity contribution in [1.29, 1.82) is 0 Å². The van der Waals surface area contributed by atoms with Gasteiger partial charge in [0, 0.05) is 18.9 Å². The molecule has 5 rings (SSSR count). The van der Waals surface area contributed by atoms with Crippen molar-refractivity contribution < 1.29 is 19.2 Å². The summed E-state index contributed by atoms with van der Waals surface area (Å²) in [7, 11) is 0. The number of hydrogen-bond donors (Lipinski definition) is 4. The van der Waals surface area contributed by atoms with Crippen LogP contribution in [0.5, 0.6) is 0 Å². The molecule has 5 heterocycles. The number of nitrogens with two attached hydrogens (primary N) is 1. The number of aliphatic hydroxyl groups is 1. The second-order valence-corrected chi connectivity index (χ2v) is 14.9. The smallest absolute Gasteiger partial charge is 0.346 e. The lowest BCUT2D eigenvalue weighted by molar-refractivity contribution is -0.593. The maximum atomic E-state index is 13.4. The van der Waals surface area contributed by atoms with Crippen LogP contribution in [0.25, 0.3) is 0 Å². The Kier molecular flexibility index (Phi) is 12.1. The Labute approximate surface area is 272 Å². The topological polar surface area (TPSA) is 115 Å². The van der Waals surface area contributed by atoms with Gasteiger partial charge in [-0.05, 0) is 78.6 Å². The molecule has 9 heteroatoms. The molecule has 0 unspecified atom stereocenters. The zero-order valence-electron chi connectivity index (χ0n) is 28.7. The first-order valence-electron chi connectivity index (χ1n) is 18.7. The average molecular weight is 628 g/mol. The average Bonchev–Trinajstić information content (AvgIpc) is 3.59. The normalized spacial score (nSPS) is 30.3. The summed E-state index contributed by atoms with van der Waals surface area (Å²) in [6.45, 7) is 8.40. The van der Waals surface area contributed by atoms with E-state index >= 15 is 0 Å². The highest BCUT2D eigenvalue weighted by atomic mass is 16.5. The van der Waals surface area contributed by atoms with Crippen LogP contribution in [-0.4, -0.2) is 80.9 Å². The molecule has 2 fully saturated rings. The third-order valence-corrected chi connectivity index (χ3v) is 11.2. The van der Waals surface area contributed by atoms with Gasteiger partial charge in [0.15, 0.2) is 5.96 Å². The number of ether oxygens (including phenoxy) is 1. The summed E-state index contributed by atoms with van der Waals surface area (Å²) in [5, 5.41) is 18.2. The zero-order chi connectivity index (χ0) is 31.9. The highest BCUT2D eigenvalue weighted by Gasteiger charge is 2.45. The first kappa shape index (κ1) is 34.1. The van der Waals surface area contributed by atoms with E-state index in [9.17, 15) is 9.90 Å². The number of allylic oxidation sites excluding steroid dienone is 1. The maximum absolute atomic E-state index is 13.4. The molecule has 2 saturated heterocycles. The van der Waals surface area contributed by atoms with E-state index in [1.807, 2.05) is 13.8 Å². The molecule has 5 aliphatic rings. The largest absolute Gasteiger partial charge is 0.459 e. The Morgan fingerprint density at radius 2 is 1.73 bits per heavy atom. The molecule has 5 aliphatic heterocycles. The van der Waals surface area contributed by atoms with E-state index < -0.39 is 0 Å². The van der Waals surface area contributed by atoms with Crippen LogP contribution in [0.3, 0.4) is 0 Å². The van der Waals surface area contributed by atoms with Crippen LogP contribution in [0, 0.1) is 0 Å². The van der Waals surface area contributed by atoms with E-state index in [-0.39, 0.29) is 30.3 Å². The van der Waals surface area contributed by atoms with Crippen molar-refractivity contribution >= 4 is 17.9 Å². The summed E-state index contributed by atoms with van der Waals surface area (Å²) in [4.78, 5) is 20.0. The van der Waals surface area contributed by atoms with E-state index in [1.165, 1.54) is 83.0 Å². The van der Waals surface area contributed by atoms with Crippen LogP contribution < -0.4 is 16.4 Å². The van der Waals surface area contributed by atoms with Crippen molar-refractivity contribution in [3.63, 3.8) is 0 Å². The minimum Gasteiger partial charge on any atom is -0.459 e. The van der Waals surface area contributed by atoms with Gasteiger partial charge in [0.25, 0.3) is 0 Å². The van der Waals surface area contributed by atoms with Gasteiger partial charge in [0.2, 0.25) is 0 Å². The summed E-state index contributed by atoms with van der Waals surface area (Å²) in [5.41, 5.74) is 7.71. The van der Waals surface area contributed by atoms with Gasteiger partial charge < -0.3 is 20.5 Å². The zero-order valence-corrected chi connectivity index (χ0v) is 28.7. The predicted octanol–water partition coefficient (Wildman–Crippen LogP) is 5.45. The van der Waals surface area contributed by atoms with Crippen molar-refractivity contribution in [2.75, 3.05) is 0 Å². The summed E-state index contributed by atoms with van der Waals surface area (Å²) in [5.74, 6) is 1.52. The van der Waals surface area contributed by atoms with Crippen molar-refractivity contribution in [2.45, 2.75) is 198 Å². The molecule has 0 aromatic rings. The van der Waals surface area contributed by atoms with Crippen LogP contribution in [-0.2, 0) is 9.53 Å². The Bertz CT molecular complexity index is 1100. The second-order valence-electron chi connectivity index (χ2n) is 14.9. The third kappa shape index (κ3) is 8.55. The molecule has 5 N–H and O–H groups in total. The van der Waals surface area contributed by atoms with Gasteiger partial charge in [-0.15, -0.1) is 0 Å². The molecule has 0 bridgehead atoms. The van der Waals surface area contributed by atoms with Gasteiger partial charge in [0.1, 0.15) is 0 Å². The lowest BCUT2D eigenvalue weighted by Gasteiger charge is -2.36. The van der Waals surface area contributed by atoms with Crippen LogP contribution in [0.15, 0.2) is 16.3 Å². The van der Waals surface area contributed by atoms with Crippen molar-refractivity contribution in [1.82, 2.24) is 15.5 Å². The van der Waals surface area contributed by atoms with Crippen LogP contribution in [0.2, 0.25) is 0 Å². The van der Waals surface area contributed by atoms with E-state index in [2.05, 4.69) is 38.9 Å². The number of rotatable bonds is 17. The minimum atomic E-state index is -0.345. The van der Waals surface area contributed by atoms with Gasteiger partial charge in [-0.1, -0.05) is 58.3 Å². The number of hydrogen-bond acceptors (Lipinski definition) is 8. The summed E-state index contributed by atoms with van der Waals surface area (Å²) >= 11 is 0. The number of aliphatic imine (C=N–C) groups is 1. The number of unbranched alkanes of at least 4 members (excludes halogenated alkanes) is 7. The number of guanidine groups is 2. The molecule has 45 heavy (non-hydrogen) atoms. The first-order chi connectivity index (χ1) is 21.7. The van der Waals surface area contributed by atoms with Gasteiger partial charge in [-0.2, -0.15) is 0 Å². The molecule has 0 aromatic heterocycles. The standard InChI is InChI=1S/C36H62N6O3/c1-5-6-7-13-16-31(43)23-30-19-20-32-33(26(4)39-35(37)42(30)32)34(44)45-25(3)14-11-9-8-10-12-15-27-22-29-18-17-28-21-24(2)38-36(40-27)41(28)29/h24-25,27-32,43H,5-23H2,1-4H3,(H3,37,38,39,40,44)/p+1/t24-,25+,27+,28+,29-,30-,31-,32-/m0/s1. The third-order valence-electron chi connectivity index (χ3n) is 11.2. The molecule has 8 atom stereocenters. The number of nitrogens with one attached hydrogen (secondary N) is 2. The molecule has 0 radical (unpaired) electrons. The lowest BCUT2D eigenvalue weighted by atomic mass is 9.97. The lowest BCUT2D eigenvalue weighted by Crippen LogP contribution is -2.61.